The molecule has 0 aromatic rings. The van der Waals surface area contributed by atoms with Gasteiger partial charge in [-0.1, -0.05) is 23.7 Å². The lowest BCUT2D eigenvalue weighted by atomic mass is 9.96. The number of carbonyl (C=O) groups excluding carboxylic acids is 1. The van der Waals surface area contributed by atoms with Crippen molar-refractivity contribution in [1.82, 2.24) is 9.62 Å². The summed E-state index contributed by atoms with van der Waals surface area (Å²) in [5.74, 6) is 0. The minimum absolute atomic E-state index is 0.276. The van der Waals surface area contributed by atoms with Crippen molar-refractivity contribution in [3.8, 4) is 0 Å². The van der Waals surface area contributed by atoms with Gasteiger partial charge in [-0.2, -0.15) is 12.7 Å². The molecule has 0 saturated heterocycles. The molecule has 1 aliphatic carbocycles. The lowest BCUT2D eigenvalue weighted by Crippen LogP contribution is -2.54. The maximum atomic E-state index is 11.9. The number of amides is 2. The Morgan fingerprint density at radius 1 is 1.35 bits per heavy atom. The van der Waals surface area contributed by atoms with Gasteiger partial charge in [0, 0.05) is 0 Å². The first-order valence-corrected chi connectivity index (χ1v) is 6.93. The average Bonchev–Trinajstić information content (AvgIpc) is 2.28. The molecule has 0 aromatic carbocycles. The number of nitrogens with one attached hydrogen (secondary N) is 1. The molecule has 0 spiro atoms. The summed E-state index contributed by atoms with van der Waals surface area (Å²) in [6, 6.07) is -1.23. The van der Waals surface area contributed by atoms with E-state index in [1.807, 2.05) is 0 Å². The van der Waals surface area contributed by atoms with Gasteiger partial charge in [0.25, 0.3) is 0 Å². The largest absolute Gasteiger partial charge is 0.468 e. The molecule has 96 valence electrons. The minimum Gasteiger partial charge on any atom is -0.468 e. The van der Waals surface area contributed by atoms with E-state index < -0.39 is 16.2 Å². The molecule has 2 amide bonds. The lowest BCUT2D eigenvalue weighted by Gasteiger charge is -2.33. The Kier molecular flexibility index (Phi) is 3.23. The van der Waals surface area contributed by atoms with E-state index in [4.69, 9.17) is 0 Å². The van der Waals surface area contributed by atoms with Crippen LogP contribution in [0.2, 0.25) is 0 Å². The zero-order valence-electron chi connectivity index (χ0n) is 9.55. The first-order chi connectivity index (χ1) is 8.04. The molecule has 8 heteroatoms. The van der Waals surface area contributed by atoms with Crippen molar-refractivity contribution in [2.75, 3.05) is 7.11 Å². The van der Waals surface area contributed by atoms with Gasteiger partial charge in [0.15, 0.2) is 0 Å². The smallest absolute Gasteiger partial charge is 0.353 e. The second kappa shape index (κ2) is 4.52. The highest BCUT2D eigenvalue weighted by molar-refractivity contribution is 7.88. The Hall–Kier alpha value is -1.31. The number of rotatable bonds is 1. The summed E-state index contributed by atoms with van der Waals surface area (Å²) in [6.45, 7) is 0. The van der Waals surface area contributed by atoms with Crippen LogP contribution in [0.5, 0.6) is 0 Å². The molecule has 17 heavy (non-hydrogen) atoms. The van der Waals surface area contributed by atoms with Crippen LogP contribution in [0.3, 0.4) is 0 Å². The lowest BCUT2D eigenvalue weighted by molar-refractivity contribution is 0.200. The first kappa shape index (κ1) is 12.2. The van der Waals surface area contributed by atoms with E-state index in [0.717, 1.165) is 23.6 Å². The van der Waals surface area contributed by atoms with Gasteiger partial charge < -0.3 is 4.74 Å². The van der Waals surface area contributed by atoms with Gasteiger partial charge in [-0.05, 0) is 12.8 Å². The Labute approximate surface area is 100 Å². The fraction of sp³-hybridized carbons (Fsp3) is 0.778. The number of hydrogen-bond acceptors (Lipinski definition) is 4. The first-order valence-electron chi connectivity index (χ1n) is 5.54. The highest BCUT2D eigenvalue weighted by Gasteiger charge is 2.39. The molecule has 0 aromatic heterocycles. The number of methoxy groups -OCH3 is 1. The quantitative estimate of drug-likeness (QED) is 0.748. The van der Waals surface area contributed by atoms with E-state index in [9.17, 15) is 13.2 Å². The van der Waals surface area contributed by atoms with Crippen LogP contribution in [0.4, 0.5) is 4.79 Å². The molecule has 1 N–H and O–H groups in total. The van der Waals surface area contributed by atoms with E-state index in [-0.39, 0.29) is 12.1 Å². The number of hydrogen-bond donors (Lipinski definition) is 1. The maximum Gasteiger partial charge on any atom is 0.353 e. The molecule has 0 radical (unpaired) electrons. The molecular formula is C9H15N3O4S. The Morgan fingerprint density at radius 3 is 2.53 bits per heavy atom. The van der Waals surface area contributed by atoms with Crippen molar-refractivity contribution in [3.63, 3.8) is 0 Å². The van der Waals surface area contributed by atoms with E-state index in [1.54, 1.807) is 0 Å². The Morgan fingerprint density at radius 2 is 2.00 bits per heavy atom. The zero-order chi connectivity index (χ0) is 12.5. The third kappa shape index (κ3) is 2.36. The monoisotopic (exact) mass is 261 g/mol. The van der Waals surface area contributed by atoms with Crippen LogP contribution >= 0.6 is 0 Å². The summed E-state index contributed by atoms with van der Waals surface area (Å²) in [7, 11) is -2.69. The number of nitrogens with zero attached hydrogens (tertiary/aromatic N) is 2. The molecule has 7 nitrogen and oxygen atoms in total. The van der Waals surface area contributed by atoms with Crippen LogP contribution in [0.15, 0.2) is 4.40 Å². The molecule has 1 aliphatic heterocycles. The van der Waals surface area contributed by atoms with Gasteiger partial charge in [0.1, 0.15) is 0 Å². The zero-order valence-corrected chi connectivity index (χ0v) is 10.4. The molecular weight excluding hydrogens is 246 g/mol. The third-order valence-corrected chi connectivity index (χ3v) is 4.32. The van der Waals surface area contributed by atoms with Crippen molar-refractivity contribution in [2.24, 2.45) is 4.40 Å². The van der Waals surface area contributed by atoms with Crippen molar-refractivity contribution in [1.29, 1.82) is 0 Å². The Balaban J connectivity index is 2.27. The van der Waals surface area contributed by atoms with Crippen LogP contribution in [0.1, 0.15) is 32.1 Å². The fourth-order valence-corrected chi connectivity index (χ4v) is 3.44. The van der Waals surface area contributed by atoms with Crippen LogP contribution in [0.25, 0.3) is 0 Å². The normalized spacial score (nSPS) is 25.1. The van der Waals surface area contributed by atoms with E-state index >= 15 is 0 Å². The second-order valence-corrected chi connectivity index (χ2v) is 5.57. The summed E-state index contributed by atoms with van der Waals surface area (Å²) >= 11 is 0. The molecule has 0 unspecified atom stereocenters. The highest BCUT2D eigenvalue weighted by Crippen LogP contribution is 2.26. The van der Waals surface area contributed by atoms with Gasteiger partial charge in [0.05, 0.1) is 13.2 Å². The summed E-state index contributed by atoms with van der Waals surface area (Å²) in [5.41, 5.74) is 0. The molecule has 2 rings (SSSR count). The number of amidine groups is 1. The van der Waals surface area contributed by atoms with E-state index in [2.05, 4.69) is 14.5 Å². The molecule has 0 atom stereocenters. The number of carbonyl (C=O) groups is 1. The van der Waals surface area contributed by atoms with Gasteiger partial charge in [-0.15, -0.1) is 0 Å². The van der Waals surface area contributed by atoms with Crippen molar-refractivity contribution in [3.05, 3.63) is 0 Å². The van der Waals surface area contributed by atoms with E-state index in [0.29, 0.717) is 12.8 Å². The fourth-order valence-electron chi connectivity index (χ4n) is 2.18. The van der Waals surface area contributed by atoms with Crippen LogP contribution in [-0.2, 0) is 14.9 Å². The molecule has 1 fully saturated rings. The maximum absolute atomic E-state index is 11.9. The topological polar surface area (TPSA) is 88.1 Å². The van der Waals surface area contributed by atoms with E-state index in [1.165, 1.54) is 7.11 Å². The second-order valence-electron chi connectivity index (χ2n) is 4.10. The molecule has 1 heterocycles. The van der Waals surface area contributed by atoms with Gasteiger partial charge in [0.2, 0.25) is 0 Å². The Bertz CT molecular complexity index is 439. The summed E-state index contributed by atoms with van der Waals surface area (Å²) in [5, 5.41) is 2.30. The number of urea groups is 1. The predicted molar refractivity (Wildman–Crippen MR) is 60.6 cm³/mol. The van der Waals surface area contributed by atoms with Crippen LogP contribution < -0.4 is 5.32 Å². The molecule has 1 saturated carbocycles. The third-order valence-electron chi connectivity index (χ3n) is 2.96. The molecule has 0 bridgehead atoms. The van der Waals surface area contributed by atoms with Crippen molar-refractivity contribution in [2.45, 2.75) is 38.1 Å². The summed E-state index contributed by atoms with van der Waals surface area (Å²) < 4.78 is 32.6. The number of ether oxygens (including phenoxy) is 1. The van der Waals surface area contributed by atoms with Gasteiger partial charge in [-0.25, -0.2) is 4.79 Å². The van der Waals surface area contributed by atoms with Gasteiger partial charge in [-0.3, -0.25) is 5.32 Å². The standard InChI is InChI=1S/C9H15N3O4S/c1-16-8-10-9(13)12(17(14,15)11-8)7-5-3-2-4-6-7/h7H,2-6H2,1H3,(H,10,11,13). The van der Waals surface area contributed by atoms with Crippen LogP contribution in [-0.4, -0.2) is 37.9 Å². The minimum atomic E-state index is -3.95. The summed E-state index contributed by atoms with van der Waals surface area (Å²) in [6.07, 6.45) is 4.35. The predicted octanol–water partition coefficient (Wildman–Crippen LogP) is 0.591. The van der Waals surface area contributed by atoms with Gasteiger partial charge >= 0.3 is 22.3 Å². The molecule has 2 aliphatic rings. The average molecular weight is 261 g/mol. The highest BCUT2D eigenvalue weighted by atomic mass is 32.2. The SMILES string of the molecule is COC1=NS(=O)(=O)N(C2CCCCC2)C(=O)N1. The summed E-state index contributed by atoms with van der Waals surface area (Å²) in [4.78, 5) is 11.8. The van der Waals surface area contributed by atoms with Crippen molar-refractivity contribution >= 4 is 22.3 Å². The van der Waals surface area contributed by atoms with Crippen LogP contribution in [0, 0.1) is 0 Å². The van der Waals surface area contributed by atoms with Crippen molar-refractivity contribution < 1.29 is 17.9 Å².